The first-order chi connectivity index (χ1) is 18.4. The van der Waals surface area contributed by atoms with Crippen molar-refractivity contribution in [3.63, 3.8) is 0 Å². The highest BCUT2D eigenvalue weighted by Crippen LogP contribution is 2.77. The monoisotopic (exact) mass is 540 g/mol. The third kappa shape index (κ3) is 3.96. The van der Waals surface area contributed by atoms with E-state index in [0.717, 1.165) is 50.9 Å². The van der Waals surface area contributed by atoms with Gasteiger partial charge in [0.15, 0.2) is 6.29 Å². The molecule has 0 aromatic heterocycles. The number of fused-ring (bicyclic) bond motifs is 7. The van der Waals surface area contributed by atoms with Gasteiger partial charge in [0.1, 0.15) is 5.78 Å². The molecular formula is C35H56O4. The number of rotatable bonds is 5. The second-order valence-corrected chi connectivity index (χ2v) is 16.3. The van der Waals surface area contributed by atoms with Crippen LogP contribution in [0.1, 0.15) is 118 Å². The first-order valence-corrected chi connectivity index (χ1v) is 16.5. The summed E-state index contributed by atoms with van der Waals surface area (Å²) in [6, 6.07) is 0. The molecule has 1 unspecified atom stereocenters. The van der Waals surface area contributed by atoms with E-state index in [0.29, 0.717) is 35.4 Å². The third-order valence-electron chi connectivity index (χ3n) is 14.8. The minimum absolute atomic E-state index is 0.0389. The lowest BCUT2D eigenvalue weighted by Crippen LogP contribution is -2.66. The zero-order valence-corrected chi connectivity index (χ0v) is 25.7. The molecule has 1 aliphatic heterocycles. The van der Waals surface area contributed by atoms with Gasteiger partial charge in [0.2, 0.25) is 0 Å². The van der Waals surface area contributed by atoms with Gasteiger partial charge in [-0.15, -0.1) is 0 Å². The summed E-state index contributed by atoms with van der Waals surface area (Å²) in [6.07, 6.45) is 15.0. The van der Waals surface area contributed by atoms with Crippen LogP contribution in [0.3, 0.4) is 0 Å². The number of ether oxygens (including phenoxy) is 2. The Bertz CT molecular complexity index is 981. The Kier molecular flexibility index (Phi) is 7.04. The van der Waals surface area contributed by atoms with Gasteiger partial charge < -0.3 is 14.6 Å². The SMILES string of the molecule is C=C(CO)[C@@H]1CC[C@]2(COC3CCCCO3)CC[C@]3(C)[C@H](CC[C@@H]4[C@@]5(C)CCC(=O)C(C)(C)[C@@H]5CC[C@]43C)[C@@H]12. The van der Waals surface area contributed by atoms with E-state index in [2.05, 4.69) is 41.2 Å². The largest absolute Gasteiger partial charge is 0.392 e. The van der Waals surface area contributed by atoms with E-state index >= 15 is 0 Å². The number of carbonyl (C=O) groups is 1. The molecule has 0 spiro atoms. The molecule has 0 amide bonds. The van der Waals surface area contributed by atoms with Crippen molar-refractivity contribution in [2.75, 3.05) is 19.8 Å². The van der Waals surface area contributed by atoms with Gasteiger partial charge in [-0.1, -0.05) is 41.2 Å². The lowest BCUT2D eigenvalue weighted by Gasteiger charge is -2.72. The number of hydrogen-bond donors (Lipinski definition) is 1. The van der Waals surface area contributed by atoms with E-state index < -0.39 is 0 Å². The summed E-state index contributed by atoms with van der Waals surface area (Å²) in [4.78, 5) is 13.1. The van der Waals surface area contributed by atoms with Crippen LogP contribution in [-0.2, 0) is 14.3 Å². The lowest BCUT2D eigenvalue weighted by molar-refractivity contribution is -0.245. The summed E-state index contributed by atoms with van der Waals surface area (Å²) in [5.74, 6) is 3.25. The molecule has 1 saturated heterocycles. The van der Waals surface area contributed by atoms with Crippen molar-refractivity contribution >= 4 is 5.78 Å². The summed E-state index contributed by atoms with van der Waals surface area (Å²) in [5, 5.41) is 10.3. The van der Waals surface area contributed by atoms with Crippen molar-refractivity contribution in [2.45, 2.75) is 124 Å². The van der Waals surface area contributed by atoms with Gasteiger partial charge in [-0.2, -0.15) is 0 Å². The molecule has 10 atom stereocenters. The van der Waals surface area contributed by atoms with Gasteiger partial charge >= 0.3 is 0 Å². The summed E-state index contributed by atoms with van der Waals surface area (Å²) >= 11 is 0. The Hall–Kier alpha value is -0.710. The van der Waals surface area contributed by atoms with Crippen molar-refractivity contribution in [2.24, 2.45) is 56.7 Å². The number of carbonyl (C=O) groups excluding carboxylic acids is 1. The van der Waals surface area contributed by atoms with Crippen molar-refractivity contribution < 1.29 is 19.4 Å². The first kappa shape index (κ1) is 28.4. The van der Waals surface area contributed by atoms with Crippen LogP contribution in [0.4, 0.5) is 0 Å². The van der Waals surface area contributed by atoms with Crippen LogP contribution in [0.5, 0.6) is 0 Å². The van der Waals surface area contributed by atoms with Gasteiger partial charge in [-0.3, -0.25) is 4.79 Å². The highest BCUT2D eigenvalue weighted by Gasteiger charge is 2.71. The molecule has 4 heteroatoms. The highest BCUT2D eigenvalue weighted by molar-refractivity contribution is 5.85. The first-order valence-electron chi connectivity index (χ1n) is 16.5. The normalized spacial score (nSPS) is 50.9. The second-order valence-electron chi connectivity index (χ2n) is 16.3. The standard InChI is InChI=1S/C35H56O4/c1-23(21-36)24-12-17-35(22-39-29-9-7-8-20-38-29)19-18-33(5)25(30(24)35)10-11-27-32(4)15-14-28(37)31(2,3)26(32)13-16-34(27,33)6/h24-27,29-30,36H,1,7-22H2,2-6H3/t24-,25+,26-,27+,29?,30+,32-,33+,34+,35+/m0/s1. The number of aliphatic hydroxyl groups is 1. The topological polar surface area (TPSA) is 55.8 Å². The van der Waals surface area contributed by atoms with Crippen molar-refractivity contribution in [1.29, 1.82) is 0 Å². The molecule has 0 bridgehead atoms. The Morgan fingerprint density at radius 3 is 2.44 bits per heavy atom. The lowest BCUT2D eigenvalue weighted by atomic mass is 9.32. The van der Waals surface area contributed by atoms with Crippen LogP contribution >= 0.6 is 0 Å². The van der Waals surface area contributed by atoms with E-state index in [-0.39, 0.29) is 40.0 Å². The summed E-state index contributed by atoms with van der Waals surface area (Å²) < 4.78 is 12.6. The fourth-order valence-electron chi connectivity index (χ4n) is 12.5. The van der Waals surface area contributed by atoms with Crippen molar-refractivity contribution in [3.05, 3.63) is 12.2 Å². The molecule has 4 nitrogen and oxygen atoms in total. The third-order valence-corrected chi connectivity index (χ3v) is 14.8. The number of Topliss-reactive ketones (excluding diaryl/α,β-unsaturated/α-hetero) is 1. The van der Waals surface area contributed by atoms with E-state index in [9.17, 15) is 9.90 Å². The van der Waals surface area contributed by atoms with Gasteiger partial charge in [0.25, 0.3) is 0 Å². The maximum Gasteiger partial charge on any atom is 0.157 e. The van der Waals surface area contributed by atoms with Crippen LogP contribution < -0.4 is 0 Å². The van der Waals surface area contributed by atoms with Crippen LogP contribution in [-0.4, -0.2) is 37.0 Å². The van der Waals surface area contributed by atoms with Gasteiger partial charge in [0.05, 0.1) is 13.2 Å². The van der Waals surface area contributed by atoms with E-state index in [1.807, 2.05) is 0 Å². The van der Waals surface area contributed by atoms with Gasteiger partial charge in [0, 0.05) is 18.4 Å². The Morgan fingerprint density at radius 2 is 1.72 bits per heavy atom. The zero-order chi connectivity index (χ0) is 27.8. The number of aliphatic hydroxyl groups excluding tert-OH is 1. The fraction of sp³-hybridized carbons (Fsp3) is 0.914. The summed E-state index contributed by atoms with van der Waals surface area (Å²) in [7, 11) is 0. The average molecular weight is 541 g/mol. The molecule has 5 aliphatic carbocycles. The van der Waals surface area contributed by atoms with E-state index in [4.69, 9.17) is 9.47 Å². The molecular weight excluding hydrogens is 484 g/mol. The molecule has 6 fully saturated rings. The minimum atomic E-state index is -0.193. The van der Waals surface area contributed by atoms with Crippen LogP contribution in [0.2, 0.25) is 0 Å². The molecule has 6 aliphatic rings. The summed E-state index contributed by atoms with van der Waals surface area (Å²) in [6.45, 7) is 18.6. The van der Waals surface area contributed by atoms with Gasteiger partial charge in [-0.05, 0) is 134 Å². The van der Waals surface area contributed by atoms with Crippen molar-refractivity contribution in [1.82, 2.24) is 0 Å². The van der Waals surface area contributed by atoms with Crippen LogP contribution in [0.15, 0.2) is 12.2 Å². The molecule has 1 N–H and O–H groups in total. The molecule has 6 rings (SSSR count). The molecule has 5 saturated carbocycles. The quantitative estimate of drug-likeness (QED) is 0.363. The minimum Gasteiger partial charge on any atom is -0.392 e. The van der Waals surface area contributed by atoms with Crippen molar-refractivity contribution in [3.8, 4) is 0 Å². The molecule has 0 aromatic rings. The van der Waals surface area contributed by atoms with Crippen LogP contribution in [0, 0.1) is 56.7 Å². The molecule has 0 radical (unpaired) electrons. The van der Waals surface area contributed by atoms with E-state index in [1.54, 1.807) is 0 Å². The molecule has 0 aromatic carbocycles. The maximum absolute atomic E-state index is 13.1. The molecule has 39 heavy (non-hydrogen) atoms. The smallest absolute Gasteiger partial charge is 0.157 e. The average Bonchev–Trinajstić information content (AvgIpc) is 3.30. The van der Waals surface area contributed by atoms with Gasteiger partial charge in [-0.25, -0.2) is 0 Å². The predicted octanol–water partition coefficient (Wildman–Crippen LogP) is 7.73. The number of hydrogen-bond acceptors (Lipinski definition) is 4. The Labute approximate surface area is 238 Å². The molecule has 1 heterocycles. The molecule has 220 valence electrons. The van der Waals surface area contributed by atoms with E-state index in [1.165, 1.54) is 51.4 Å². The summed E-state index contributed by atoms with van der Waals surface area (Å²) in [5.41, 5.74) is 1.83. The fourth-order valence-corrected chi connectivity index (χ4v) is 12.5. The number of ketones is 1. The highest BCUT2D eigenvalue weighted by atomic mass is 16.7. The Morgan fingerprint density at radius 1 is 0.923 bits per heavy atom. The maximum atomic E-state index is 13.1. The Balaban J connectivity index is 1.33. The second kappa shape index (κ2) is 9.66. The van der Waals surface area contributed by atoms with Crippen LogP contribution in [0.25, 0.3) is 0 Å². The zero-order valence-electron chi connectivity index (χ0n) is 25.7. The predicted molar refractivity (Wildman–Crippen MR) is 155 cm³/mol.